The van der Waals surface area contributed by atoms with Crippen LogP contribution in [0, 0.1) is 6.92 Å². The van der Waals surface area contributed by atoms with Crippen LogP contribution in [-0.4, -0.2) is 37.1 Å². The molecule has 1 fully saturated rings. The molecule has 5 heteroatoms. The fourth-order valence-electron chi connectivity index (χ4n) is 2.75. The molecule has 1 aliphatic heterocycles. The first-order chi connectivity index (χ1) is 11.6. The number of carbonyl (C=O) groups excluding carboxylic acids is 1. The van der Waals surface area contributed by atoms with Crippen LogP contribution in [0.15, 0.2) is 42.5 Å². The van der Waals surface area contributed by atoms with Crippen molar-refractivity contribution in [1.29, 1.82) is 0 Å². The van der Waals surface area contributed by atoms with Gasteiger partial charge in [0.2, 0.25) is 0 Å². The Morgan fingerprint density at radius 3 is 2.58 bits per heavy atom. The van der Waals surface area contributed by atoms with Crippen molar-refractivity contribution in [2.75, 3.05) is 37.4 Å². The topological polar surface area (TPSA) is 67.6 Å². The third-order valence-electron chi connectivity index (χ3n) is 4.18. The summed E-state index contributed by atoms with van der Waals surface area (Å²) in [7, 11) is 0. The Morgan fingerprint density at radius 1 is 1.17 bits per heavy atom. The van der Waals surface area contributed by atoms with Gasteiger partial charge in [0.25, 0.3) is 5.91 Å². The van der Waals surface area contributed by atoms with Crippen molar-refractivity contribution in [2.45, 2.75) is 13.5 Å². The predicted octanol–water partition coefficient (Wildman–Crippen LogP) is 2.66. The summed E-state index contributed by atoms with van der Waals surface area (Å²) in [6.45, 7) is 6.34. The minimum absolute atomic E-state index is 0.148. The van der Waals surface area contributed by atoms with E-state index in [4.69, 9.17) is 10.5 Å². The molecule has 3 rings (SSSR count). The Balaban J connectivity index is 1.64. The van der Waals surface area contributed by atoms with Gasteiger partial charge in [-0.25, -0.2) is 0 Å². The maximum atomic E-state index is 12.4. The van der Waals surface area contributed by atoms with Crippen LogP contribution in [0.4, 0.5) is 11.4 Å². The number of aryl methyl sites for hydroxylation is 1. The molecule has 1 heterocycles. The molecule has 0 radical (unpaired) electrons. The van der Waals surface area contributed by atoms with E-state index in [0.717, 1.165) is 38.4 Å². The molecule has 0 bridgehead atoms. The number of benzene rings is 2. The fraction of sp³-hybridized carbons (Fsp3) is 0.316. The molecule has 5 nitrogen and oxygen atoms in total. The zero-order valence-electron chi connectivity index (χ0n) is 13.9. The van der Waals surface area contributed by atoms with E-state index in [2.05, 4.69) is 10.2 Å². The molecular formula is C19H23N3O2. The van der Waals surface area contributed by atoms with Gasteiger partial charge in [-0.2, -0.15) is 0 Å². The van der Waals surface area contributed by atoms with Gasteiger partial charge in [-0.1, -0.05) is 18.2 Å². The summed E-state index contributed by atoms with van der Waals surface area (Å²) >= 11 is 0. The summed E-state index contributed by atoms with van der Waals surface area (Å²) in [4.78, 5) is 14.7. The lowest BCUT2D eigenvalue weighted by atomic mass is 10.1. The highest BCUT2D eigenvalue weighted by atomic mass is 16.5. The normalized spacial score (nSPS) is 15.2. The van der Waals surface area contributed by atoms with Crippen LogP contribution in [0.5, 0.6) is 0 Å². The van der Waals surface area contributed by atoms with E-state index in [1.54, 1.807) is 6.07 Å². The first kappa shape index (κ1) is 16.5. The van der Waals surface area contributed by atoms with E-state index in [1.807, 2.05) is 43.3 Å². The van der Waals surface area contributed by atoms with Crippen molar-refractivity contribution in [3.05, 3.63) is 59.2 Å². The lowest BCUT2D eigenvalue weighted by Gasteiger charge is -2.26. The van der Waals surface area contributed by atoms with E-state index < -0.39 is 0 Å². The Kier molecular flexibility index (Phi) is 5.13. The van der Waals surface area contributed by atoms with Gasteiger partial charge in [0.1, 0.15) is 0 Å². The van der Waals surface area contributed by atoms with Gasteiger partial charge in [0, 0.05) is 25.2 Å². The number of carbonyl (C=O) groups is 1. The third kappa shape index (κ3) is 4.13. The number of amides is 1. The summed E-state index contributed by atoms with van der Waals surface area (Å²) in [6, 6.07) is 13.3. The van der Waals surface area contributed by atoms with Crippen molar-refractivity contribution in [3.8, 4) is 0 Å². The molecule has 1 amide bonds. The highest BCUT2D eigenvalue weighted by Gasteiger charge is 2.12. The average molecular weight is 325 g/mol. The van der Waals surface area contributed by atoms with Crippen LogP contribution >= 0.6 is 0 Å². The Bertz CT molecular complexity index is 707. The zero-order chi connectivity index (χ0) is 16.9. The summed E-state index contributed by atoms with van der Waals surface area (Å²) in [5.74, 6) is -0.148. The molecule has 0 saturated carbocycles. The number of morpholine rings is 1. The number of hydrogen-bond donors (Lipinski definition) is 2. The number of nitrogens with zero attached hydrogens (tertiary/aromatic N) is 1. The fourth-order valence-corrected chi connectivity index (χ4v) is 2.75. The quantitative estimate of drug-likeness (QED) is 0.848. The second-order valence-electron chi connectivity index (χ2n) is 6.13. The van der Waals surface area contributed by atoms with Crippen LogP contribution < -0.4 is 11.1 Å². The Labute approximate surface area is 142 Å². The maximum Gasteiger partial charge on any atom is 0.255 e. The minimum atomic E-state index is -0.148. The smallest absolute Gasteiger partial charge is 0.255 e. The Hall–Kier alpha value is -2.37. The SMILES string of the molecule is Cc1ccc(N)c(NC(=O)c2ccc(CN3CCOCC3)cc2)c1. The molecular weight excluding hydrogens is 302 g/mol. The monoisotopic (exact) mass is 325 g/mol. The van der Waals surface area contributed by atoms with Gasteiger partial charge in [-0.15, -0.1) is 0 Å². The van der Waals surface area contributed by atoms with Gasteiger partial charge in [-0.3, -0.25) is 9.69 Å². The first-order valence-electron chi connectivity index (χ1n) is 8.18. The molecule has 2 aromatic rings. The second-order valence-corrected chi connectivity index (χ2v) is 6.13. The van der Waals surface area contributed by atoms with Gasteiger partial charge >= 0.3 is 0 Å². The molecule has 2 aromatic carbocycles. The highest BCUT2D eigenvalue weighted by molar-refractivity contribution is 6.05. The van der Waals surface area contributed by atoms with E-state index in [-0.39, 0.29) is 5.91 Å². The number of ether oxygens (including phenoxy) is 1. The lowest BCUT2D eigenvalue weighted by molar-refractivity contribution is 0.0342. The molecule has 1 aliphatic rings. The molecule has 0 aliphatic carbocycles. The van der Waals surface area contributed by atoms with Crippen LogP contribution in [0.2, 0.25) is 0 Å². The molecule has 0 unspecified atom stereocenters. The van der Waals surface area contributed by atoms with E-state index in [0.29, 0.717) is 16.9 Å². The molecule has 24 heavy (non-hydrogen) atoms. The molecule has 3 N–H and O–H groups in total. The standard InChI is InChI=1S/C19H23N3O2/c1-14-2-7-17(20)18(12-14)21-19(23)16-5-3-15(4-6-16)13-22-8-10-24-11-9-22/h2-7,12H,8-11,13,20H2,1H3,(H,21,23). The summed E-state index contributed by atoms with van der Waals surface area (Å²) in [6.07, 6.45) is 0. The van der Waals surface area contributed by atoms with Crippen LogP contribution in [0.3, 0.4) is 0 Å². The van der Waals surface area contributed by atoms with Gasteiger partial charge in [0.15, 0.2) is 0 Å². The lowest BCUT2D eigenvalue weighted by Crippen LogP contribution is -2.35. The summed E-state index contributed by atoms with van der Waals surface area (Å²) in [5.41, 5.74) is 10.0. The summed E-state index contributed by atoms with van der Waals surface area (Å²) < 4.78 is 5.36. The van der Waals surface area contributed by atoms with Crippen molar-refractivity contribution >= 4 is 17.3 Å². The number of anilines is 2. The molecule has 126 valence electrons. The first-order valence-corrected chi connectivity index (χ1v) is 8.18. The van der Waals surface area contributed by atoms with Gasteiger partial charge in [0.05, 0.1) is 24.6 Å². The zero-order valence-corrected chi connectivity index (χ0v) is 13.9. The highest BCUT2D eigenvalue weighted by Crippen LogP contribution is 2.20. The van der Waals surface area contributed by atoms with Crippen molar-refractivity contribution in [3.63, 3.8) is 0 Å². The molecule has 1 saturated heterocycles. The molecule has 0 spiro atoms. The van der Waals surface area contributed by atoms with Crippen LogP contribution in [0.25, 0.3) is 0 Å². The number of nitrogens with two attached hydrogens (primary N) is 1. The van der Waals surface area contributed by atoms with E-state index in [9.17, 15) is 4.79 Å². The van der Waals surface area contributed by atoms with Gasteiger partial charge < -0.3 is 15.8 Å². The minimum Gasteiger partial charge on any atom is -0.397 e. The average Bonchev–Trinajstić information content (AvgIpc) is 2.60. The number of nitrogens with one attached hydrogen (secondary N) is 1. The predicted molar refractivity (Wildman–Crippen MR) is 96.1 cm³/mol. The van der Waals surface area contributed by atoms with Crippen LogP contribution in [-0.2, 0) is 11.3 Å². The van der Waals surface area contributed by atoms with Crippen molar-refractivity contribution in [1.82, 2.24) is 4.90 Å². The molecule has 0 atom stereocenters. The molecule has 0 aromatic heterocycles. The second kappa shape index (κ2) is 7.47. The number of hydrogen-bond acceptors (Lipinski definition) is 4. The maximum absolute atomic E-state index is 12.4. The number of rotatable bonds is 4. The van der Waals surface area contributed by atoms with E-state index >= 15 is 0 Å². The van der Waals surface area contributed by atoms with Crippen LogP contribution in [0.1, 0.15) is 21.5 Å². The Morgan fingerprint density at radius 2 is 1.88 bits per heavy atom. The largest absolute Gasteiger partial charge is 0.397 e. The summed E-state index contributed by atoms with van der Waals surface area (Å²) in [5, 5.41) is 2.88. The number of nitrogen functional groups attached to an aromatic ring is 1. The third-order valence-corrected chi connectivity index (χ3v) is 4.18. The van der Waals surface area contributed by atoms with Crippen molar-refractivity contribution in [2.24, 2.45) is 0 Å². The van der Waals surface area contributed by atoms with Crippen molar-refractivity contribution < 1.29 is 9.53 Å². The van der Waals surface area contributed by atoms with Gasteiger partial charge in [-0.05, 0) is 42.3 Å². The van der Waals surface area contributed by atoms with E-state index in [1.165, 1.54) is 5.56 Å².